The number of carbonyl (C=O) groups excluding carboxylic acids is 1. The second kappa shape index (κ2) is 5.48. The third-order valence-corrected chi connectivity index (χ3v) is 3.65. The normalized spacial score (nSPS) is 11.2. The zero-order valence-corrected chi connectivity index (χ0v) is 13.8. The molecule has 1 aromatic carbocycles. The minimum absolute atomic E-state index is 0.0993. The van der Waals surface area contributed by atoms with Gasteiger partial charge in [0, 0.05) is 5.69 Å². The number of aromatic hydroxyl groups is 1. The first kappa shape index (κ1) is 15.3. The van der Waals surface area contributed by atoms with Gasteiger partial charge in [-0.15, -0.1) is 0 Å². The Hall–Kier alpha value is -0.750. The van der Waals surface area contributed by atoms with Gasteiger partial charge in [0.1, 0.15) is 11.4 Å². The third kappa shape index (κ3) is 3.88. The van der Waals surface area contributed by atoms with Gasteiger partial charge in [-0.25, -0.2) is 4.79 Å². The summed E-state index contributed by atoms with van der Waals surface area (Å²) in [5.74, 6) is 0.0993. The predicted molar refractivity (Wildman–Crippen MR) is 78.1 cm³/mol. The maximum atomic E-state index is 11.7. The van der Waals surface area contributed by atoms with Crippen molar-refractivity contribution < 1.29 is 14.6 Å². The summed E-state index contributed by atoms with van der Waals surface area (Å²) in [5.41, 5.74) is 0.742. The Morgan fingerprint density at radius 3 is 2.44 bits per heavy atom. The highest BCUT2D eigenvalue weighted by Gasteiger charge is 2.18. The first-order chi connectivity index (χ1) is 8.11. The molecule has 0 bridgehead atoms. The number of phenols is 1. The summed E-state index contributed by atoms with van der Waals surface area (Å²) < 4.78 is 6.19. The van der Waals surface area contributed by atoms with Crippen molar-refractivity contribution in [3.8, 4) is 5.75 Å². The van der Waals surface area contributed by atoms with Crippen molar-refractivity contribution in [3.05, 3.63) is 20.6 Å². The van der Waals surface area contributed by atoms with Gasteiger partial charge in [0.05, 0.1) is 8.95 Å². The van der Waals surface area contributed by atoms with E-state index in [1.165, 1.54) is 0 Å². The van der Waals surface area contributed by atoms with Crippen molar-refractivity contribution in [2.75, 3.05) is 5.32 Å². The number of hydrogen-bond donors (Lipinski definition) is 2. The van der Waals surface area contributed by atoms with E-state index in [4.69, 9.17) is 4.74 Å². The molecule has 100 valence electrons. The molecule has 0 radical (unpaired) electrons. The summed E-state index contributed by atoms with van der Waals surface area (Å²) in [6.07, 6.45) is -0.532. The van der Waals surface area contributed by atoms with Crippen LogP contribution in [0, 0.1) is 6.92 Å². The van der Waals surface area contributed by atoms with Gasteiger partial charge in [-0.2, -0.15) is 0 Å². The molecule has 0 unspecified atom stereocenters. The molecule has 1 amide bonds. The van der Waals surface area contributed by atoms with Crippen LogP contribution in [0.1, 0.15) is 26.3 Å². The van der Waals surface area contributed by atoms with E-state index in [9.17, 15) is 9.90 Å². The molecule has 0 fully saturated rings. The highest BCUT2D eigenvalue weighted by atomic mass is 79.9. The van der Waals surface area contributed by atoms with Crippen molar-refractivity contribution in [2.45, 2.75) is 33.3 Å². The fourth-order valence-corrected chi connectivity index (χ4v) is 2.37. The van der Waals surface area contributed by atoms with Gasteiger partial charge >= 0.3 is 6.09 Å². The average Bonchev–Trinajstić information content (AvgIpc) is 2.20. The number of anilines is 1. The average molecular weight is 381 g/mol. The maximum Gasteiger partial charge on any atom is 0.412 e. The molecule has 1 aromatic rings. The summed E-state index contributed by atoms with van der Waals surface area (Å²) in [4.78, 5) is 11.7. The molecule has 0 saturated heterocycles. The number of benzene rings is 1. The van der Waals surface area contributed by atoms with E-state index in [0.29, 0.717) is 14.6 Å². The van der Waals surface area contributed by atoms with Gasteiger partial charge in [0.15, 0.2) is 0 Å². The van der Waals surface area contributed by atoms with Gasteiger partial charge in [0.2, 0.25) is 0 Å². The summed E-state index contributed by atoms with van der Waals surface area (Å²) >= 11 is 6.47. The molecule has 4 nitrogen and oxygen atoms in total. The topological polar surface area (TPSA) is 58.6 Å². The van der Waals surface area contributed by atoms with Crippen molar-refractivity contribution in [3.63, 3.8) is 0 Å². The van der Waals surface area contributed by atoms with Gasteiger partial charge in [-0.3, -0.25) is 5.32 Å². The highest BCUT2D eigenvalue weighted by Crippen LogP contribution is 2.39. The Kier molecular flexibility index (Phi) is 4.66. The van der Waals surface area contributed by atoms with Crippen molar-refractivity contribution in [1.29, 1.82) is 0 Å². The summed E-state index contributed by atoms with van der Waals surface area (Å²) in [6, 6.07) is 1.62. The molecule has 1 rings (SSSR count). The van der Waals surface area contributed by atoms with E-state index < -0.39 is 11.7 Å². The van der Waals surface area contributed by atoms with E-state index in [1.54, 1.807) is 33.8 Å². The molecule has 0 spiro atoms. The van der Waals surface area contributed by atoms with Gasteiger partial charge in [-0.05, 0) is 71.2 Å². The van der Waals surface area contributed by atoms with E-state index in [0.717, 1.165) is 5.56 Å². The zero-order chi connectivity index (χ0) is 14.1. The van der Waals surface area contributed by atoms with Gasteiger partial charge < -0.3 is 9.84 Å². The molecule has 0 aliphatic carbocycles. The van der Waals surface area contributed by atoms with Crippen LogP contribution in [-0.4, -0.2) is 16.8 Å². The van der Waals surface area contributed by atoms with E-state index in [2.05, 4.69) is 37.2 Å². The van der Waals surface area contributed by atoms with E-state index >= 15 is 0 Å². The van der Waals surface area contributed by atoms with Crippen LogP contribution in [-0.2, 0) is 4.74 Å². The Morgan fingerprint density at radius 1 is 1.39 bits per heavy atom. The molecule has 0 atom stereocenters. The van der Waals surface area contributed by atoms with Crippen LogP contribution in [0.25, 0.3) is 0 Å². The SMILES string of the molecule is Cc1c(NC(=O)OC(C)(C)C)cc(Br)c(O)c1Br. The first-order valence-electron chi connectivity index (χ1n) is 5.29. The lowest BCUT2D eigenvalue weighted by atomic mass is 10.2. The lowest BCUT2D eigenvalue weighted by molar-refractivity contribution is 0.0636. The number of nitrogens with one attached hydrogen (secondary N) is 1. The number of hydrogen-bond acceptors (Lipinski definition) is 3. The molecule has 2 N–H and O–H groups in total. The fraction of sp³-hybridized carbons (Fsp3) is 0.417. The van der Waals surface area contributed by atoms with Crippen LogP contribution >= 0.6 is 31.9 Å². The second-order valence-corrected chi connectivity index (χ2v) is 6.47. The predicted octanol–water partition coefficient (Wildman–Crippen LogP) is 4.57. The molecular weight excluding hydrogens is 366 g/mol. The van der Waals surface area contributed by atoms with Crippen molar-refractivity contribution in [1.82, 2.24) is 0 Å². The molecular formula is C12H15Br2NO3. The second-order valence-electron chi connectivity index (χ2n) is 4.82. The minimum atomic E-state index is -0.552. The number of amides is 1. The number of rotatable bonds is 1. The van der Waals surface area contributed by atoms with Crippen LogP contribution < -0.4 is 5.32 Å². The highest BCUT2D eigenvalue weighted by molar-refractivity contribution is 9.11. The number of phenolic OH excluding ortho intramolecular Hbond substituents is 1. The third-order valence-electron chi connectivity index (χ3n) is 2.07. The van der Waals surface area contributed by atoms with Crippen LogP contribution in [0.15, 0.2) is 15.0 Å². The molecule has 0 saturated carbocycles. The Bertz CT molecular complexity index is 481. The Morgan fingerprint density at radius 2 is 1.94 bits per heavy atom. The monoisotopic (exact) mass is 379 g/mol. The summed E-state index contributed by atoms with van der Waals surface area (Å²) in [7, 11) is 0. The van der Waals surface area contributed by atoms with E-state index in [1.807, 2.05) is 0 Å². The first-order valence-corrected chi connectivity index (χ1v) is 6.88. The summed E-state index contributed by atoms with van der Waals surface area (Å²) in [5, 5.41) is 12.3. The van der Waals surface area contributed by atoms with Crippen LogP contribution in [0.4, 0.5) is 10.5 Å². The fourth-order valence-electron chi connectivity index (χ4n) is 1.25. The van der Waals surface area contributed by atoms with Crippen molar-refractivity contribution >= 4 is 43.6 Å². The number of ether oxygens (including phenoxy) is 1. The number of carbonyl (C=O) groups is 1. The molecule has 0 heterocycles. The Labute approximate surface area is 123 Å². The standard InChI is InChI=1S/C12H15Br2NO3/c1-6-8(5-7(13)10(16)9(6)14)15-11(17)18-12(2,3)4/h5,16H,1-4H3,(H,15,17). The molecule has 0 aliphatic heterocycles. The quantitative estimate of drug-likeness (QED) is 0.701. The maximum absolute atomic E-state index is 11.7. The largest absolute Gasteiger partial charge is 0.506 e. The lowest BCUT2D eigenvalue weighted by Gasteiger charge is -2.20. The number of halogens is 2. The molecule has 0 aliphatic rings. The van der Waals surface area contributed by atoms with Gasteiger partial charge in [0.25, 0.3) is 0 Å². The lowest BCUT2D eigenvalue weighted by Crippen LogP contribution is -2.27. The zero-order valence-electron chi connectivity index (χ0n) is 10.6. The molecule has 0 aromatic heterocycles. The Balaban J connectivity index is 2.96. The molecule has 18 heavy (non-hydrogen) atoms. The van der Waals surface area contributed by atoms with Gasteiger partial charge in [-0.1, -0.05) is 0 Å². The summed E-state index contributed by atoms with van der Waals surface area (Å²) in [6.45, 7) is 7.16. The minimum Gasteiger partial charge on any atom is -0.506 e. The van der Waals surface area contributed by atoms with Crippen LogP contribution in [0.3, 0.4) is 0 Å². The van der Waals surface area contributed by atoms with E-state index in [-0.39, 0.29) is 5.75 Å². The smallest absolute Gasteiger partial charge is 0.412 e. The van der Waals surface area contributed by atoms with Crippen molar-refractivity contribution in [2.24, 2.45) is 0 Å². The van der Waals surface area contributed by atoms with Crippen LogP contribution in [0.2, 0.25) is 0 Å². The van der Waals surface area contributed by atoms with Crippen LogP contribution in [0.5, 0.6) is 5.75 Å². The molecule has 6 heteroatoms.